The Morgan fingerprint density at radius 1 is 0.667 bits per heavy atom. The normalized spacial score (nSPS) is 11.3. The molecule has 316 valence electrons. The van der Waals surface area contributed by atoms with E-state index in [0.29, 0.717) is 23.4 Å². The number of carbonyl (C=O) groups excluding carboxylic acids is 4. The van der Waals surface area contributed by atoms with Crippen molar-refractivity contribution in [3.8, 4) is 11.5 Å². The highest BCUT2D eigenvalue weighted by Gasteiger charge is 2.19. The van der Waals surface area contributed by atoms with Gasteiger partial charge in [0.2, 0.25) is 11.8 Å². The van der Waals surface area contributed by atoms with Crippen molar-refractivity contribution in [2.24, 2.45) is 20.5 Å². The van der Waals surface area contributed by atoms with E-state index in [4.69, 9.17) is 14.6 Å². The highest BCUT2D eigenvalue weighted by Crippen LogP contribution is 2.31. The smallest absolute Gasteiger partial charge is 0.426 e. The van der Waals surface area contributed by atoms with Crippen LogP contribution in [-0.2, 0) is 27.2 Å². The Balaban J connectivity index is 1.49. The zero-order valence-electron chi connectivity index (χ0n) is 33.6. The molecular formula is C43H49N7O10. The lowest BCUT2D eigenvalue weighted by Gasteiger charge is -2.19. The number of benzene rings is 4. The van der Waals surface area contributed by atoms with E-state index in [1.54, 1.807) is 63.2 Å². The van der Waals surface area contributed by atoms with E-state index < -0.39 is 29.5 Å². The maximum absolute atomic E-state index is 13.7. The first kappa shape index (κ1) is 45.7. The van der Waals surface area contributed by atoms with Gasteiger partial charge in [0.05, 0.1) is 22.5 Å². The van der Waals surface area contributed by atoms with Gasteiger partial charge >= 0.3 is 18.0 Å². The number of aryl methyl sites for hydroxylation is 2. The molecule has 0 bridgehead atoms. The molecule has 17 nitrogen and oxygen atoms in total. The standard InChI is InChI=1S/C43H49N7O10/c1-43(2,3)60-42(58)50-49-39(54)23-17-29-27-31(46-47-34-14-8-6-12-32(34)40(55)56)19-21-37(29)59-41(57)33-13-7-9-15-35(33)48-45-30-18-20-36(52)28(26-30)16-22-38(53)44-24-10-4-5-11-25-51/h6-9,12-15,18-21,26-27,51-52H,4-5,10-11,16-17,22-25H2,1-3H3,(H,44,53)(H,49,54)(H,50,58)(H,55,56). The second-order valence-electron chi connectivity index (χ2n) is 14.4. The van der Waals surface area contributed by atoms with Crippen LogP contribution in [0.1, 0.15) is 91.1 Å². The monoisotopic (exact) mass is 823 g/mol. The summed E-state index contributed by atoms with van der Waals surface area (Å²) in [4.78, 5) is 62.4. The van der Waals surface area contributed by atoms with Gasteiger partial charge in [0.15, 0.2) is 0 Å². The van der Waals surface area contributed by atoms with Crippen molar-refractivity contribution >= 4 is 52.6 Å². The third kappa shape index (κ3) is 15.4. The van der Waals surface area contributed by atoms with E-state index >= 15 is 0 Å². The molecule has 0 unspecified atom stereocenters. The number of aromatic hydroxyl groups is 1. The number of unbranched alkanes of at least 4 members (excludes halogenated alkanes) is 3. The van der Waals surface area contributed by atoms with Crippen LogP contribution in [0.2, 0.25) is 0 Å². The van der Waals surface area contributed by atoms with Gasteiger partial charge in [-0.15, -0.1) is 10.2 Å². The van der Waals surface area contributed by atoms with Crippen molar-refractivity contribution in [3.63, 3.8) is 0 Å². The fourth-order valence-electron chi connectivity index (χ4n) is 5.50. The lowest BCUT2D eigenvalue weighted by molar-refractivity contribution is -0.122. The van der Waals surface area contributed by atoms with E-state index in [9.17, 15) is 34.2 Å². The third-order valence-electron chi connectivity index (χ3n) is 8.47. The number of rotatable bonds is 19. The van der Waals surface area contributed by atoms with Gasteiger partial charge < -0.3 is 30.1 Å². The van der Waals surface area contributed by atoms with Crippen molar-refractivity contribution < 1.29 is 48.8 Å². The molecule has 0 aromatic heterocycles. The quantitative estimate of drug-likeness (QED) is 0.0174. The van der Waals surface area contributed by atoms with Gasteiger partial charge in [0.1, 0.15) is 28.5 Å². The number of nitrogens with one attached hydrogen (secondary N) is 3. The van der Waals surface area contributed by atoms with Crippen LogP contribution in [0.4, 0.5) is 27.5 Å². The molecule has 0 radical (unpaired) electrons. The van der Waals surface area contributed by atoms with Crippen LogP contribution in [-0.4, -0.2) is 63.9 Å². The number of aromatic carboxylic acids is 1. The molecule has 0 aliphatic heterocycles. The molecule has 17 heteroatoms. The van der Waals surface area contributed by atoms with Gasteiger partial charge in [-0.3, -0.25) is 15.0 Å². The molecule has 0 fully saturated rings. The van der Waals surface area contributed by atoms with Crippen LogP contribution < -0.4 is 20.9 Å². The predicted octanol–water partition coefficient (Wildman–Crippen LogP) is 8.23. The number of ether oxygens (including phenoxy) is 2. The Morgan fingerprint density at radius 2 is 1.25 bits per heavy atom. The number of amides is 3. The minimum Gasteiger partial charge on any atom is -0.508 e. The molecule has 6 N–H and O–H groups in total. The average Bonchev–Trinajstić information content (AvgIpc) is 3.22. The van der Waals surface area contributed by atoms with Gasteiger partial charge in [0, 0.05) is 26.0 Å². The topological polar surface area (TPSA) is 250 Å². The minimum absolute atomic E-state index is 0.000104. The predicted molar refractivity (Wildman–Crippen MR) is 220 cm³/mol. The maximum atomic E-state index is 13.7. The van der Waals surface area contributed by atoms with Crippen LogP contribution in [0.5, 0.6) is 11.5 Å². The summed E-state index contributed by atoms with van der Waals surface area (Å²) >= 11 is 0. The molecule has 0 atom stereocenters. The summed E-state index contributed by atoms with van der Waals surface area (Å²) in [6.45, 7) is 5.70. The second-order valence-corrected chi connectivity index (χ2v) is 14.4. The van der Waals surface area contributed by atoms with Crippen molar-refractivity contribution in [1.29, 1.82) is 0 Å². The van der Waals surface area contributed by atoms with E-state index in [0.717, 1.165) is 25.7 Å². The molecule has 4 rings (SSSR count). The summed E-state index contributed by atoms with van der Waals surface area (Å²) in [5, 5.41) is 48.5. The van der Waals surface area contributed by atoms with E-state index in [-0.39, 0.29) is 77.9 Å². The summed E-state index contributed by atoms with van der Waals surface area (Å²) in [6, 6.07) is 21.5. The fraction of sp³-hybridized carbons (Fsp3) is 0.326. The molecule has 4 aromatic carbocycles. The van der Waals surface area contributed by atoms with Crippen LogP contribution in [0.15, 0.2) is 105 Å². The number of hydrogen-bond donors (Lipinski definition) is 6. The highest BCUT2D eigenvalue weighted by molar-refractivity contribution is 5.96. The first-order chi connectivity index (χ1) is 28.7. The average molecular weight is 824 g/mol. The zero-order valence-corrected chi connectivity index (χ0v) is 33.6. The molecule has 0 spiro atoms. The molecule has 0 heterocycles. The van der Waals surface area contributed by atoms with Crippen LogP contribution in [0, 0.1) is 0 Å². The number of hydrogen-bond acceptors (Lipinski definition) is 13. The molecule has 0 saturated heterocycles. The molecule has 0 aliphatic carbocycles. The number of carboxylic acids is 1. The number of phenolic OH excluding ortho intramolecular Hbond substituents is 1. The molecule has 0 aliphatic rings. The van der Waals surface area contributed by atoms with E-state index in [1.165, 1.54) is 42.5 Å². The third-order valence-corrected chi connectivity index (χ3v) is 8.47. The van der Waals surface area contributed by atoms with E-state index in [1.807, 2.05) is 0 Å². The summed E-state index contributed by atoms with van der Waals surface area (Å²) < 4.78 is 11.0. The van der Waals surface area contributed by atoms with Gasteiger partial charge in [0.25, 0.3) is 0 Å². The molecule has 3 amide bonds. The Bertz CT molecular complexity index is 2200. The molecule has 60 heavy (non-hydrogen) atoms. The highest BCUT2D eigenvalue weighted by atomic mass is 16.6. The van der Waals surface area contributed by atoms with Crippen LogP contribution >= 0.6 is 0 Å². The SMILES string of the molecule is CC(C)(C)OC(=O)NNC(=O)CCc1cc(N=Nc2ccccc2C(=O)O)ccc1OC(=O)c1ccccc1N=Nc1ccc(O)c(CCC(=O)NCCCCCCO)c1. The lowest BCUT2D eigenvalue weighted by Crippen LogP contribution is -2.44. The number of aliphatic hydroxyl groups excluding tert-OH is 1. The van der Waals surface area contributed by atoms with Crippen molar-refractivity contribution in [2.45, 2.75) is 77.7 Å². The Kier molecular flexibility index (Phi) is 17.4. The van der Waals surface area contributed by atoms with Crippen molar-refractivity contribution in [3.05, 3.63) is 107 Å². The summed E-state index contributed by atoms with van der Waals surface area (Å²) in [5.74, 6) is -2.62. The number of carbonyl (C=O) groups is 5. The van der Waals surface area contributed by atoms with Crippen molar-refractivity contribution in [1.82, 2.24) is 16.2 Å². The van der Waals surface area contributed by atoms with Crippen LogP contribution in [0.25, 0.3) is 0 Å². The molecule has 4 aromatic rings. The number of carboxylic acid groups (broad SMARTS) is 1. The zero-order chi connectivity index (χ0) is 43.5. The molecular weight excluding hydrogens is 775 g/mol. The van der Waals surface area contributed by atoms with Crippen LogP contribution in [0.3, 0.4) is 0 Å². The second kappa shape index (κ2) is 22.8. The Labute approximate surface area is 346 Å². The number of hydrazine groups is 1. The fourth-order valence-corrected chi connectivity index (χ4v) is 5.50. The van der Waals surface area contributed by atoms with E-state index in [2.05, 4.69) is 36.6 Å². The Morgan fingerprint density at radius 3 is 1.92 bits per heavy atom. The lowest BCUT2D eigenvalue weighted by atomic mass is 10.1. The van der Waals surface area contributed by atoms with Gasteiger partial charge in [-0.25, -0.2) is 19.8 Å². The number of nitrogens with zero attached hydrogens (tertiary/aromatic N) is 4. The summed E-state index contributed by atoms with van der Waals surface area (Å²) in [5.41, 5.74) is 5.47. The maximum Gasteiger partial charge on any atom is 0.426 e. The number of esters is 1. The summed E-state index contributed by atoms with van der Waals surface area (Å²) in [7, 11) is 0. The van der Waals surface area contributed by atoms with Crippen molar-refractivity contribution in [2.75, 3.05) is 13.2 Å². The first-order valence-electron chi connectivity index (χ1n) is 19.3. The number of phenols is 1. The first-order valence-corrected chi connectivity index (χ1v) is 19.3. The summed E-state index contributed by atoms with van der Waals surface area (Å²) in [6.07, 6.45) is 2.75. The number of azo groups is 2. The van der Waals surface area contributed by atoms with Gasteiger partial charge in [-0.05, 0) is 118 Å². The number of aliphatic hydroxyl groups is 1. The molecule has 0 saturated carbocycles. The minimum atomic E-state index is -1.18. The largest absolute Gasteiger partial charge is 0.508 e. The van der Waals surface area contributed by atoms with Gasteiger partial charge in [-0.2, -0.15) is 10.2 Å². The Hall–Kier alpha value is -7.01. The van der Waals surface area contributed by atoms with Gasteiger partial charge in [-0.1, -0.05) is 37.1 Å².